The van der Waals surface area contributed by atoms with E-state index in [1.165, 1.54) is 16.8 Å². The Morgan fingerprint density at radius 2 is 2.10 bits per heavy atom. The fourth-order valence-corrected chi connectivity index (χ4v) is 2.13. The lowest BCUT2D eigenvalue weighted by Crippen LogP contribution is -2.22. The lowest BCUT2D eigenvalue weighted by atomic mass is 10.1. The monoisotopic (exact) mass is 284 g/mol. The molecule has 3 rings (SSSR count). The number of carbonyl (C=O) groups is 1. The predicted octanol–water partition coefficient (Wildman–Crippen LogP) is 2.04. The molecule has 1 N–H and O–H groups in total. The summed E-state index contributed by atoms with van der Waals surface area (Å²) in [5.74, 6) is -1.21. The molecule has 6 heteroatoms. The summed E-state index contributed by atoms with van der Waals surface area (Å²) in [6, 6.07) is 9.87. The molecular formula is C15H12N2O4. The molecular weight excluding hydrogens is 272 g/mol. The number of aromatic carboxylic acids is 1. The van der Waals surface area contributed by atoms with Crippen molar-refractivity contribution >= 4 is 16.9 Å². The fraction of sp³-hybridized carbons (Fsp3) is 0.133. The molecule has 0 aliphatic carbocycles. The van der Waals surface area contributed by atoms with Crippen molar-refractivity contribution < 1.29 is 14.3 Å². The van der Waals surface area contributed by atoms with Crippen LogP contribution in [0.5, 0.6) is 0 Å². The molecule has 1 aromatic carbocycles. The average Bonchev–Trinajstić information content (AvgIpc) is 2.86. The van der Waals surface area contributed by atoms with Crippen molar-refractivity contribution in [1.82, 2.24) is 9.78 Å². The minimum absolute atomic E-state index is 0.104. The Bertz CT molecular complexity index is 892. The van der Waals surface area contributed by atoms with Crippen LogP contribution in [0, 0.1) is 6.92 Å². The van der Waals surface area contributed by atoms with Gasteiger partial charge in [0, 0.05) is 11.5 Å². The number of hydrogen-bond donors (Lipinski definition) is 1. The number of nitrogens with zero attached hydrogens (tertiary/aromatic N) is 2. The van der Waals surface area contributed by atoms with Crippen LogP contribution < -0.4 is 5.56 Å². The van der Waals surface area contributed by atoms with Gasteiger partial charge in [0.25, 0.3) is 5.56 Å². The SMILES string of the molecule is Cc1ccc(=O)n(Cc2ccc3oc(C(=O)O)cc3c2)n1. The Kier molecular flexibility index (Phi) is 3.06. The highest BCUT2D eigenvalue weighted by molar-refractivity contribution is 5.91. The van der Waals surface area contributed by atoms with E-state index in [0.29, 0.717) is 17.5 Å². The maximum absolute atomic E-state index is 11.7. The summed E-state index contributed by atoms with van der Waals surface area (Å²) in [4.78, 5) is 22.6. The van der Waals surface area contributed by atoms with Gasteiger partial charge in [-0.25, -0.2) is 9.48 Å². The number of furan rings is 1. The van der Waals surface area contributed by atoms with Gasteiger partial charge in [0.15, 0.2) is 0 Å². The van der Waals surface area contributed by atoms with Gasteiger partial charge < -0.3 is 9.52 Å². The van der Waals surface area contributed by atoms with Gasteiger partial charge in [-0.1, -0.05) is 6.07 Å². The van der Waals surface area contributed by atoms with Crippen molar-refractivity contribution in [1.29, 1.82) is 0 Å². The Balaban J connectivity index is 1.99. The molecule has 0 aliphatic rings. The van der Waals surface area contributed by atoms with Gasteiger partial charge in [-0.05, 0) is 36.8 Å². The number of aromatic nitrogens is 2. The lowest BCUT2D eigenvalue weighted by Gasteiger charge is -2.05. The van der Waals surface area contributed by atoms with E-state index in [0.717, 1.165) is 11.3 Å². The zero-order chi connectivity index (χ0) is 15.0. The Morgan fingerprint density at radius 1 is 1.29 bits per heavy atom. The first-order valence-corrected chi connectivity index (χ1v) is 6.33. The number of benzene rings is 1. The summed E-state index contributed by atoms with van der Waals surface area (Å²) in [6.45, 7) is 2.14. The van der Waals surface area contributed by atoms with Gasteiger partial charge in [0.05, 0.1) is 12.2 Å². The van der Waals surface area contributed by atoms with Gasteiger partial charge in [-0.3, -0.25) is 4.79 Å². The summed E-state index contributed by atoms with van der Waals surface area (Å²) >= 11 is 0. The summed E-state index contributed by atoms with van der Waals surface area (Å²) in [6.07, 6.45) is 0. The maximum Gasteiger partial charge on any atom is 0.371 e. The molecule has 3 aromatic rings. The molecule has 0 saturated carbocycles. The van der Waals surface area contributed by atoms with Crippen LogP contribution in [0.2, 0.25) is 0 Å². The highest BCUT2D eigenvalue weighted by Crippen LogP contribution is 2.21. The minimum Gasteiger partial charge on any atom is -0.475 e. The Labute approximate surface area is 119 Å². The maximum atomic E-state index is 11.7. The second-order valence-corrected chi connectivity index (χ2v) is 4.76. The first kappa shape index (κ1) is 13.1. The molecule has 0 fully saturated rings. The van der Waals surface area contributed by atoms with E-state index in [9.17, 15) is 9.59 Å². The molecule has 6 nitrogen and oxygen atoms in total. The quantitative estimate of drug-likeness (QED) is 0.795. The molecule has 106 valence electrons. The zero-order valence-electron chi connectivity index (χ0n) is 11.2. The molecule has 2 aromatic heterocycles. The first-order chi connectivity index (χ1) is 10.0. The predicted molar refractivity (Wildman–Crippen MR) is 75.5 cm³/mol. The van der Waals surface area contributed by atoms with Crippen molar-refractivity contribution in [3.63, 3.8) is 0 Å². The number of fused-ring (bicyclic) bond motifs is 1. The van der Waals surface area contributed by atoms with E-state index < -0.39 is 5.97 Å². The van der Waals surface area contributed by atoms with Gasteiger partial charge in [-0.2, -0.15) is 5.10 Å². The standard InChI is InChI=1S/C15H12N2O4/c1-9-2-5-14(18)17(16-9)8-10-3-4-12-11(6-10)7-13(21-12)15(19)20/h2-7H,8H2,1H3,(H,19,20). The Hall–Kier alpha value is -2.89. The van der Waals surface area contributed by atoms with Crippen LogP contribution in [0.25, 0.3) is 11.0 Å². The second kappa shape index (κ2) is 4.90. The van der Waals surface area contributed by atoms with Crippen LogP contribution >= 0.6 is 0 Å². The molecule has 0 unspecified atom stereocenters. The van der Waals surface area contributed by atoms with Crippen LogP contribution in [0.15, 0.2) is 45.6 Å². The van der Waals surface area contributed by atoms with Crippen LogP contribution in [0.1, 0.15) is 21.8 Å². The second-order valence-electron chi connectivity index (χ2n) is 4.76. The highest BCUT2D eigenvalue weighted by Gasteiger charge is 2.11. The van der Waals surface area contributed by atoms with E-state index in [-0.39, 0.29) is 11.3 Å². The van der Waals surface area contributed by atoms with E-state index in [1.54, 1.807) is 24.3 Å². The number of hydrogen-bond acceptors (Lipinski definition) is 4. The van der Waals surface area contributed by atoms with Crippen molar-refractivity contribution in [3.8, 4) is 0 Å². The van der Waals surface area contributed by atoms with Crippen molar-refractivity contribution in [3.05, 3.63) is 63.8 Å². The van der Waals surface area contributed by atoms with E-state index >= 15 is 0 Å². The highest BCUT2D eigenvalue weighted by atomic mass is 16.4. The van der Waals surface area contributed by atoms with Gasteiger partial charge in [-0.15, -0.1) is 0 Å². The third kappa shape index (κ3) is 2.55. The molecule has 0 atom stereocenters. The number of rotatable bonds is 3. The molecule has 0 radical (unpaired) electrons. The summed E-state index contributed by atoms with van der Waals surface area (Å²) in [5, 5.41) is 13.8. The summed E-state index contributed by atoms with van der Waals surface area (Å²) in [5.41, 5.74) is 1.92. The van der Waals surface area contributed by atoms with Gasteiger partial charge in [0.2, 0.25) is 5.76 Å². The number of carboxylic acid groups (broad SMARTS) is 1. The average molecular weight is 284 g/mol. The smallest absolute Gasteiger partial charge is 0.371 e. The van der Waals surface area contributed by atoms with Crippen LogP contribution in [0.4, 0.5) is 0 Å². The van der Waals surface area contributed by atoms with E-state index in [2.05, 4.69) is 5.10 Å². The molecule has 21 heavy (non-hydrogen) atoms. The van der Waals surface area contributed by atoms with Gasteiger partial charge in [0.1, 0.15) is 5.58 Å². The summed E-state index contributed by atoms with van der Waals surface area (Å²) < 4.78 is 6.56. The number of carboxylic acids is 1. The molecule has 0 saturated heterocycles. The lowest BCUT2D eigenvalue weighted by molar-refractivity contribution is 0.0665. The minimum atomic E-state index is -1.11. The summed E-state index contributed by atoms with van der Waals surface area (Å²) in [7, 11) is 0. The molecule has 0 bridgehead atoms. The van der Waals surface area contributed by atoms with E-state index in [1.807, 2.05) is 6.92 Å². The molecule has 2 heterocycles. The Morgan fingerprint density at radius 3 is 2.86 bits per heavy atom. The van der Waals surface area contributed by atoms with Crippen LogP contribution in [0.3, 0.4) is 0 Å². The zero-order valence-corrected chi connectivity index (χ0v) is 11.2. The largest absolute Gasteiger partial charge is 0.475 e. The van der Waals surface area contributed by atoms with Crippen molar-refractivity contribution in [2.45, 2.75) is 13.5 Å². The van der Waals surface area contributed by atoms with Crippen molar-refractivity contribution in [2.24, 2.45) is 0 Å². The fourth-order valence-electron chi connectivity index (χ4n) is 2.13. The third-order valence-electron chi connectivity index (χ3n) is 3.12. The van der Waals surface area contributed by atoms with Crippen molar-refractivity contribution in [2.75, 3.05) is 0 Å². The molecule has 0 amide bonds. The van der Waals surface area contributed by atoms with Gasteiger partial charge >= 0.3 is 5.97 Å². The van der Waals surface area contributed by atoms with Crippen LogP contribution in [-0.4, -0.2) is 20.9 Å². The number of aryl methyl sites for hydroxylation is 1. The van der Waals surface area contributed by atoms with E-state index in [4.69, 9.17) is 9.52 Å². The topological polar surface area (TPSA) is 85.3 Å². The first-order valence-electron chi connectivity index (χ1n) is 6.33. The molecule has 0 spiro atoms. The normalized spacial score (nSPS) is 10.9. The third-order valence-corrected chi connectivity index (χ3v) is 3.12. The molecule has 0 aliphatic heterocycles. The van der Waals surface area contributed by atoms with Crippen LogP contribution in [-0.2, 0) is 6.54 Å².